The third-order valence-electron chi connectivity index (χ3n) is 2.55. The van der Waals surface area contributed by atoms with Crippen molar-refractivity contribution in [3.8, 4) is 0 Å². The van der Waals surface area contributed by atoms with Gasteiger partial charge in [-0.15, -0.1) is 0 Å². The first-order chi connectivity index (χ1) is 8.24. The molecule has 0 bridgehead atoms. The number of carbonyl (C=O) groups excluding carboxylic acids is 1. The number of rotatable bonds is 3. The summed E-state index contributed by atoms with van der Waals surface area (Å²) in [6.07, 6.45) is 0.859. The summed E-state index contributed by atoms with van der Waals surface area (Å²) in [5.41, 5.74) is 2.89. The molecule has 0 aliphatic rings. The predicted octanol–water partition coefficient (Wildman–Crippen LogP) is 4.75. The van der Waals surface area contributed by atoms with Gasteiger partial charge in [-0.25, -0.2) is 0 Å². The molecule has 3 heteroatoms. The molecule has 2 rings (SSSR count). The average molecular weight is 354 g/mol. The van der Waals surface area contributed by atoms with E-state index in [9.17, 15) is 4.79 Å². The van der Waals surface area contributed by atoms with Crippen LogP contribution in [0.5, 0.6) is 0 Å². The van der Waals surface area contributed by atoms with E-state index in [0.717, 1.165) is 21.9 Å². The molecule has 2 aromatic carbocycles. The van der Waals surface area contributed by atoms with Crippen molar-refractivity contribution in [3.05, 3.63) is 69.7 Å². The molecule has 0 fully saturated rings. The maximum absolute atomic E-state index is 10.9. The topological polar surface area (TPSA) is 17.1 Å². The van der Waals surface area contributed by atoms with Crippen molar-refractivity contribution in [2.45, 2.75) is 4.83 Å². The summed E-state index contributed by atoms with van der Waals surface area (Å²) >= 11 is 7.14. The molecular weight excluding hydrogens is 344 g/mol. The van der Waals surface area contributed by atoms with E-state index in [-0.39, 0.29) is 4.83 Å². The zero-order valence-corrected chi connectivity index (χ0v) is 12.1. The Balaban J connectivity index is 2.44. The van der Waals surface area contributed by atoms with Gasteiger partial charge in [0, 0.05) is 10.0 Å². The van der Waals surface area contributed by atoms with Crippen LogP contribution >= 0.6 is 31.9 Å². The van der Waals surface area contributed by atoms with Gasteiger partial charge in [0.05, 0.1) is 4.83 Å². The van der Waals surface area contributed by atoms with Gasteiger partial charge in [0.15, 0.2) is 6.29 Å². The second-order valence-electron chi connectivity index (χ2n) is 3.64. The molecule has 0 heterocycles. The van der Waals surface area contributed by atoms with Crippen molar-refractivity contribution in [1.82, 2.24) is 0 Å². The second-order valence-corrected chi connectivity index (χ2v) is 5.35. The standard InChI is InChI=1S/C14H10Br2O/c15-13(10-5-2-1-3-6-10)12-8-4-7-11(9-17)14(12)16/h1-9,13H. The number of carbonyl (C=O) groups is 1. The summed E-state index contributed by atoms with van der Waals surface area (Å²) < 4.78 is 0.848. The van der Waals surface area contributed by atoms with E-state index in [4.69, 9.17) is 0 Å². The lowest BCUT2D eigenvalue weighted by Gasteiger charge is -2.13. The SMILES string of the molecule is O=Cc1cccc(C(Br)c2ccccc2)c1Br. The Morgan fingerprint density at radius 1 is 1.00 bits per heavy atom. The van der Waals surface area contributed by atoms with Crippen molar-refractivity contribution in [1.29, 1.82) is 0 Å². The monoisotopic (exact) mass is 352 g/mol. The molecule has 17 heavy (non-hydrogen) atoms. The molecule has 86 valence electrons. The Hall–Kier alpha value is -0.930. The van der Waals surface area contributed by atoms with Crippen LogP contribution in [0.15, 0.2) is 53.0 Å². The summed E-state index contributed by atoms with van der Waals surface area (Å²) in [7, 11) is 0. The number of hydrogen-bond donors (Lipinski definition) is 0. The Morgan fingerprint density at radius 3 is 2.35 bits per heavy atom. The Labute approximate surface area is 117 Å². The van der Waals surface area contributed by atoms with Crippen molar-refractivity contribution >= 4 is 38.1 Å². The van der Waals surface area contributed by atoms with Crippen LogP contribution < -0.4 is 0 Å². The summed E-state index contributed by atoms with van der Waals surface area (Å²) in [6.45, 7) is 0. The smallest absolute Gasteiger partial charge is 0.151 e. The van der Waals surface area contributed by atoms with Gasteiger partial charge >= 0.3 is 0 Å². The van der Waals surface area contributed by atoms with Gasteiger partial charge in [0.2, 0.25) is 0 Å². The van der Waals surface area contributed by atoms with E-state index in [2.05, 4.69) is 44.0 Å². The van der Waals surface area contributed by atoms with Gasteiger partial charge in [-0.2, -0.15) is 0 Å². The van der Waals surface area contributed by atoms with E-state index in [1.54, 1.807) is 6.07 Å². The van der Waals surface area contributed by atoms with Gasteiger partial charge in [0.25, 0.3) is 0 Å². The highest BCUT2D eigenvalue weighted by atomic mass is 79.9. The van der Waals surface area contributed by atoms with Crippen LogP contribution in [0.4, 0.5) is 0 Å². The van der Waals surface area contributed by atoms with Gasteiger partial charge in [0.1, 0.15) is 0 Å². The number of halogens is 2. The summed E-state index contributed by atoms with van der Waals surface area (Å²) in [6, 6.07) is 15.8. The molecule has 0 amide bonds. The fraction of sp³-hybridized carbons (Fsp3) is 0.0714. The molecule has 0 aromatic heterocycles. The summed E-state index contributed by atoms with van der Waals surface area (Å²) in [4.78, 5) is 11.0. The molecule has 0 spiro atoms. The number of benzene rings is 2. The van der Waals surface area contributed by atoms with Crippen LogP contribution in [0.1, 0.15) is 26.3 Å². The van der Waals surface area contributed by atoms with Crippen LogP contribution in [0.25, 0.3) is 0 Å². The lowest BCUT2D eigenvalue weighted by atomic mass is 10.0. The minimum atomic E-state index is 0.0815. The number of alkyl halides is 1. The fourth-order valence-corrected chi connectivity index (χ4v) is 3.24. The van der Waals surface area contributed by atoms with Crippen molar-refractivity contribution in [2.24, 2.45) is 0 Å². The number of hydrogen-bond acceptors (Lipinski definition) is 1. The van der Waals surface area contributed by atoms with Crippen LogP contribution in [0.2, 0.25) is 0 Å². The highest BCUT2D eigenvalue weighted by molar-refractivity contribution is 9.11. The van der Waals surface area contributed by atoms with E-state index < -0.39 is 0 Å². The molecule has 2 aromatic rings. The van der Waals surface area contributed by atoms with E-state index >= 15 is 0 Å². The highest BCUT2D eigenvalue weighted by Gasteiger charge is 2.14. The first kappa shape index (κ1) is 12.5. The molecule has 0 saturated carbocycles. The molecular formula is C14H10Br2O. The van der Waals surface area contributed by atoms with Crippen LogP contribution in [0, 0.1) is 0 Å². The first-order valence-electron chi connectivity index (χ1n) is 5.16. The minimum Gasteiger partial charge on any atom is -0.298 e. The quantitative estimate of drug-likeness (QED) is 0.575. The lowest BCUT2D eigenvalue weighted by molar-refractivity contribution is 0.112. The van der Waals surface area contributed by atoms with Gasteiger partial charge in [-0.05, 0) is 27.1 Å². The molecule has 1 unspecified atom stereocenters. The Bertz CT molecular complexity index is 523. The van der Waals surface area contributed by atoms with Crippen molar-refractivity contribution in [2.75, 3.05) is 0 Å². The van der Waals surface area contributed by atoms with Crippen LogP contribution in [0.3, 0.4) is 0 Å². The predicted molar refractivity (Wildman–Crippen MR) is 76.7 cm³/mol. The zero-order chi connectivity index (χ0) is 12.3. The van der Waals surface area contributed by atoms with Gasteiger partial charge in [-0.1, -0.05) is 64.5 Å². The lowest BCUT2D eigenvalue weighted by Crippen LogP contribution is -1.96. The average Bonchev–Trinajstić information content (AvgIpc) is 2.39. The maximum Gasteiger partial charge on any atom is 0.151 e. The maximum atomic E-state index is 10.9. The van der Waals surface area contributed by atoms with Crippen LogP contribution in [-0.4, -0.2) is 6.29 Å². The Morgan fingerprint density at radius 2 is 1.71 bits per heavy atom. The normalized spacial score (nSPS) is 12.1. The van der Waals surface area contributed by atoms with E-state index in [0.29, 0.717) is 5.56 Å². The second kappa shape index (κ2) is 5.61. The minimum absolute atomic E-state index is 0.0815. The van der Waals surface area contributed by atoms with Gasteiger partial charge < -0.3 is 0 Å². The summed E-state index contributed by atoms with van der Waals surface area (Å²) in [5, 5.41) is 0. The Kier molecular flexibility index (Phi) is 4.13. The van der Waals surface area contributed by atoms with E-state index in [1.165, 1.54) is 0 Å². The fourth-order valence-electron chi connectivity index (χ4n) is 1.66. The molecule has 0 aliphatic heterocycles. The largest absolute Gasteiger partial charge is 0.298 e. The third kappa shape index (κ3) is 2.67. The van der Waals surface area contributed by atoms with Crippen LogP contribution in [-0.2, 0) is 0 Å². The molecule has 1 atom stereocenters. The van der Waals surface area contributed by atoms with Crippen molar-refractivity contribution in [3.63, 3.8) is 0 Å². The molecule has 0 aliphatic carbocycles. The highest BCUT2D eigenvalue weighted by Crippen LogP contribution is 2.36. The molecule has 0 saturated heterocycles. The summed E-state index contributed by atoms with van der Waals surface area (Å²) in [5.74, 6) is 0. The van der Waals surface area contributed by atoms with Gasteiger partial charge in [-0.3, -0.25) is 4.79 Å². The number of aldehydes is 1. The van der Waals surface area contributed by atoms with E-state index in [1.807, 2.05) is 30.3 Å². The van der Waals surface area contributed by atoms with Crippen molar-refractivity contribution < 1.29 is 4.79 Å². The molecule has 1 nitrogen and oxygen atoms in total. The third-order valence-corrected chi connectivity index (χ3v) is 4.49. The first-order valence-corrected chi connectivity index (χ1v) is 6.87. The molecule has 0 radical (unpaired) electrons. The molecule has 0 N–H and O–H groups in total. The zero-order valence-electron chi connectivity index (χ0n) is 8.94.